The smallest absolute Gasteiger partial charge is 0.395 e. The van der Waals surface area contributed by atoms with Gasteiger partial charge in [0.1, 0.15) is 0 Å². The molecule has 2 aromatic carbocycles. The van der Waals surface area contributed by atoms with Crippen molar-refractivity contribution in [1.82, 2.24) is 14.5 Å². The van der Waals surface area contributed by atoms with Gasteiger partial charge in [0.15, 0.2) is 17.3 Å². The van der Waals surface area contributed by atoms with Crippen molar-refractivity contribution in [2.45, 2.75) is 6.29 Å². The monoisotopic (exact) mass is 394 g/mol. The van der Waals surface area contributed by atoms with Gasteiger partial charge in [-0.3, -0.25) is 14.3 Å². The van der Waals surface area contributed by atoms with E-state index in [-0.39, 0.29) is 28.6 Å². The number of pyridine rings is 1. The zero-order valence-electron chi connectivity index (χ0n) is 14.3. The van der Waals surface area contributed by atoms with E-state index < -0.39 is 17.5 Å². The first-order valence-corrected chi connectivity index (χ1v) is 8.25. The fourth-order valence-corrected chi connectivity index (χ4v) is 3.29. The van der Waals surface area contributed by atoms with Gasteiger partial charge in [0.05, 0.1) is 28.4 Å². The van der Waals surface area contributed by atoms with Crippen molar-refractivity contribution >= 4 is 10.9 Å². The van der Waals surface area contributed by atoms with Crippen molar-refractivity contribution in [3.8, 4) is 34.6 Å². The maximum absolute atomic E-state index is 13.4. The lowest BCUT2D eigenvalue weighted by atomic mass is 10.1. The molecular weight excluding hydrogens is 386 g/mol. The summed E-state index contributed by atoms with van der Waals surface area (Å²) in [6.07, 6.45) is -3.79. The molecule has 0 radical (unpaired) electrons. The number of hydrogen-bond acceptors (Lipinski definition) is 6. The molecule has 3 aliphatic rings. The lowest BCUT2D eigenvalue weighted by Crippen LogP contribution is -2.27. The number of H-pyrrole nitrogens is 1. The Hall–Kier alpha value is -4.26. The molecule has 0 unspecified atom stereocenters. The van der Waals surface area contributed by atoms with Crippen LogP contribution in [0, 0.1) is 11.3 Å². The highest BCUT2D eigenvalue weighted by molar-refractivity contribution is 5.88. The molecule has 0 aliphatic carbocycles. The van der Waals surface area contributed by atoms with E-state index in [9.17, 15) is 23.6 Å². The summed E-state index contributed by atoms with van der Waals surface area (Å²) in [7, 11) is 0. The number of ether oxygens (including phenoxy) is 2. The second-order valence-electron chi connectivity index (χ2n) is 6.27. The molecule has 0 atom stereocenters. The maximum atomic E-state index is 13.4. The third-order valence-electron chi connectivity index (χ3n) is 4.47. The summed E-state index contributed by atoms with van der Waals surface area (Å²) in [6, 6.07) is 12.3. The minimum Gasteiger partial charge on any atom is -0.395 e. The van der Waals surface area contributed by atoms with Gasteiger partial charge in [-0.05, 0) is 35.7 Å². The minimum atomic E-state index is -3.79. The quantitative estimate of drug-likeness (QED) is 0.497. The average Bonchev–Trinajstić information content (AvgIpc) is 2.99. The summed E-state index contributed by atoms with van der Waals surface area (Å²) in [6.45, 7) is 0. The summed E-state index contributed by atoms with van der Waals surface area (Å²) < 4.78 is 37.1. The van der Waals surface area contributed by atoms with Gasteiger partial charge in [-0.25, -0.2) is 4.79 Å². The summed E-state index contributed by atoms with van der Waals surface area (Å²) in [5.41, 5.74) is -0.339. The average molecular weight is 394 g/mol. The van der Waals surface area contributed by atoms with Crippen molar-refractivity contribution in [3.63, 3.8) is 0 Å². The zero-order valence-corrected chi connectivity index (χ0v) is 14.3. The van der Waals surface area contributed by atoms with Gasteiger partial charge < -0.3 is 9.47 Å². The lowest BCUT2D eigenvalue weighted by molar-refractivity contribution is -0.286. The molecule has 0 saturated heterocycles. The molecule has 0 amide bonds. The Morgan fingerprint density at radius 3 is 2.66 bits per heavy atom. The molecular formula is C19H8F2N4O4. The standard InChI is InChI=1S/C19H8F2N4O4/c20-19(21)28-14-4-3-11(7-15(14)29-19)25-13-5-9(8-22)1-2-10(13)6-12-16(25)23-18(27)24-17(12)26/h1-7H,(H,24,26,27). The Morgan fingerprint density at radius 2 is 1.86 bits per heavy atom. The fraction of sp³-hybridized carbons (Fsp3) is 0.0526. The second-order valence-corrected chi connectivity index (χ2v) is 6.27. The van der Waals surface area contributed by atoms with Crippen LogP contribution in [0.5, 0.6) is 11.5 Å². The van der Waals surface area contributed by atoms with Crippen molar-refractivity contribution in [2.75, 3.05) is 0 Å². The van der Waals surface area contributed by atoms with E-state index in [1.165, 1.54) is 28.8 Å². The van der Waals surface area contributed by atoms with Crippen molar-refractivity contribution in [1.29, 1.82) is 5.26 Å². The first-order chi connectivity index (χ1) is 13.8. The highest BCUT2D eigenvalue weighted by Crippen LogP contribution is 2.42. The van der Waals surface area contributed by atoms with Crippen LogP contribution >= 0.6 is 0 Å². The van der Waals surface area contributed by atoms with Crippen LogP contribution in [0.3, 0.4) is 0 Å². The zero-order chi connectivity index (χ0) is 20.3. The van der Waals surface area contributed by atoms with E-state index in [2.05, 4.69) is 19.4 Å². The van der Waals surface area contributed by atoms with Crippen molar-refractivity contribution < 1.29 is 18.3 Å². The van der Waals surface area contributed by atoms with Crippen LogP contribution in [0.15, 0.2) is 52.1 Å². The van der Waals surface area contributed by atoms with E-state index in [4.69, 9.17) is 0 Å². The molecule has 1 N–H and O–H groups in total. The predicted octanol–water partition coefficient (Wildman–Crippen LogP) is 2.37. The van der Waals surface area contributed by atoms with Gasteiger partial charge in [0, 0.05) is 6.07 Å². The summed E-state index contributed by atoms with van der Waals surface area (Å²) >= 11 is 0. The normalized spacial score (nSPS) is 14.2. The summed E-state index contributed by atoms with van der Waals surface area (Å²) in [5, 5.41) is 9.82. The third kappa shape index (κ3) is 2.60. The van der Waals surface area contributed by atoms with Gasteiger partial charge in [-0.1, -0.05) is 6.07 Å². The molecule has 0 saturated carbocycles. The number of nitrogens with one attached hydrogen (secondary N) is 1. The molecule has 2 aromatic rings. The number of rotatable bonds is 1. The molecule has 0 aromatic heterocycles. The molecule has 29 heavy (non-hydrogen) atoms. The van der Waals surface area contributed by atoms with Gasteiger partial charge in [0.2, 0.25) is 0 Å². The number of nitriles is 1. The van der Waals surface area contributed by atoms with Gasteiger partial charge in [-0.2, -0.15) is 10.2 Å². The number of alkyl halides is 2. The Morgan fingerprint density at radius 1 is 1.07 bits per heavy atom. The lowest BCUT2D eigenvalue weighted by Gasteiger charge is -2.18. The Bertz CT molecular complexity index is 1450. The van der Waals surface area contributed by atoms with Crippen LogP contribution in [-0.4, -0.2) is 20.8 Å². The molecule has 0 bridgehead atoms. The molecule has 10 heteroatoms. The van der Waals surface area contributed by atoms with Crippen LogP contribution in [0.25, 0.3) is 28.0 Å². The first-order valence-electron chi connectivity index (χ1n) is 8.25. The van der Waals surface area contributed by atoms with E-state index in [1.807, 2.05) is 6.07 Å². The SMILES string of the molecule is N#Cc1ccc2cc3c(=O)[nH]c(=O)nc-3n(-c3ccc4c(c3)OC(F)(F)O4)c2c1. The maximum Gasteiger partial charge on any atom is 0.586 e. The highest BCUT2D eigenvalue weighted by atomic mass is 19.3. The molecule has 5 rings (SSSR count). The minimum absolute atomic E-state index is 0.00645. The molecule has 3 aliphatic heterocycles. The van der Waals surface area contributed by atoms with Crippen LogP contribution in [-0.2, 0) is 0 Å². The number of benzene rings is 2. The van der Waals surface area contributed by atoms with E-state index in [0.29, 0.717) is 16.5 Å². The Labute approximate surface area is 159 Å². The first kappa shape index (κ1) is 16.9. The summed E-state index contributed by atoms with van der Waals surface area (Å²) in [5.74, 6) is -0.363. The van der Waals surface area contributed by atoms with Gasteiger partial charge in [-0.15, -0.1) is 8.78 Å². The number of aromatic amines is 1. The number of fused-ring (bicyclic) bond motifs is 3. The van der Waals surface area contributed by atoms with Crippen molar-refractivity contribution in [2.24, 2.45) is 0 Å². The number of nitrogens with zero attached hydrogens (tertiary/aromatic N) is 3. The second kappa shape index (κ2) is 5.62. The van der Waals surface area contributed by atoms with E-state index in [0.717, 1.165) is 0 Å². The van der Waals surface area contributed by atoms with Crippen LogP contribution < -0.4 is 20.7 Å². The fourth-order valence-electron chi connectivity index (χ4n) is 3.29. The number of aromatic nitrogens is 3. The van der Waals surface area contributed by atoms with Gasteiger partial charge >= 0.3 is 12.0 Å². The molecule has 0 fully saturated rings. The topological polar surface area (TPSA) is 110 Å². The number of hydrogen-bond donors (Lipinski definition) is 1. The Kier molecular flexibility index (Phi) is 3.27. The number of halogens is 2. The molecule has 8 nitrogen and oxygen atoms in total. The van der Waals surface area contributed by atoms with E-state index >= 15 is 0 Å². The predicted molar refractivity (Wildman–Crippen MR) is 95.5 cm³/mol. The molecule has 142 valence electrons. The van der Waals surface area contributed by atoms with E-state index in [1.54, 1.807) is 18.2 Å². The highest BCUT2D eigenvalue weighted by Gasteiger charge is 2.43. The molecule has 0 spiro atoms. The van der Waals surface area contributed by atoms with Crippen molar-refractivity contribution in [3.05, 3.63) is 68.9 Å². The molecule has 3 heterocycles. The van der Waals surface area contributed by atoms with Crippen LogP contribution in [0.2, 0.25) is 0 Å². The van der Waals surface area contributed by atoms with Crippen LogP contribution in [0.4, 0.5) is 8.78 Å². The third-order valence-corrected chi connectivity index (χ3v) is 4.47. The van der Waals surface area contributed by atoms with Gasteiger partial charge in [0.25, 0.3) is 5.56 Å². The Balaban J connectivity index is 1.90. The largest absolute Gasteiger partial charge is 0.586 e. The van der Waals surface area contributed by atoms with Crippen LogP contribution in [0.1, 0.15) is 5.56 Å². The summed E-state index contributed by atoms with van der Waals surface area (Å²) in [4.78, 5) is 30.1.